The number of esters is 1. The summed E-state index contributed by atoms with van der Waals surface area (Å²) in [6, 6.07) is 53.0. The molecule has 0 radical (unpaired) electrons. The van der Waals surface area contributed by atoms with Gasteiger partial charge in [0.05, 0.1) is 35.5 Å². The van der Waals surface area contributed by atoms with Gasteiger partial charge in [-0.05, 0) is 180 Å². The molecule has 1 amide bonds. The average molecular weight is 1060 g/mol. The number of rotatable bonds is 12. The number of aromatic hydroxyl groups is 1. The predicted octanol–water partition coefficient (Wildman–Crippen LogP) is 15.3. The lowest BCUT2D eigenvalue weighted by Gasteiger charge is -2.54. The first-order valence-corrected chi connectivity index (χ1v) is 28.0. The lowest BCUT2D eigenvalue weighted by molar-refractivity contribution is -0.144. The fourth-order valence-corrected chi connectivity index (χ4v) is 14.1. The number of aryl methyl sites for hydroxylation is 1. The Kier molecular flexibility index (Phi) is 14.3. The van der Waals surface area contributed by atoms with E-state index in [4.69, 9.17) is 14.7 Å². The van der Waals surface area contributed by atoms with Crippen LogP contribution in [0.2, 0.25) is 0 Å². The van der Waals surface area contributed by atoms with Crippen LogP contribution in [0.25, 0.3) is 90.9 Å². The number of phenols is 1. The van der Waals surface area contributed by atoms with Gasteiger partial charge >= 0.3 is 5.97 Å². The maximum atomic E-state index is 13.7. The highest BCUT2D eigenvalue weighted by Gasteiger charge is 2.57. The van der Waals surface area contributed by atoms with Crippen molar-refractivity contribution in [3.63, 3.8) is 0 Å². The molecule has 2 saturated carbocycles. The lowest BCUT2D eigenvalue weighted by Crippen LogP contribution is -2.48. The normalized spacial score (nSPS) is 20.5. The van der Waals surface area contributed by atoms with Crippen molar-refractivity contribution in [3.8, 4) is 50.3 Å². The summed E-state index contributed by atoms with van der Waals surface area (Å²) in [6.07, 6.45) is 14.2. The van der Waals surface area contributed by atoms with Gasteiger partial charge in [-0.2, -0.15) is 0 Å². The minimum Gasteiger partial charge on any atom is -0.508 e. The molecule has 13 rings (SSSR count). The molecule has 2 aliphatic heterocycles. The molecule has 5 heterocycles. The van der Waals surface area contributed by atoms with Crippen molar-refractivity contribution in [1.29, 1.82) is 0 Å². The van der Waals surface area contributed by atoms with Crippen molar-refractivity contribution in [2.45, 2.75) is 77.7 Å². The van der Waals surface area contributed by atoms with E-state index in [1.807, 2.05) is 72.8 Å². The molecule has 0 saturated heterocycles. The molecule has 10 heteroatoms. The number of nitrogens with zero attached hydrogens (tertiary/aromatic N) is 2. The Bertz CT molecular complexity index is 3830. The van der Waals surface area contributed by atoms with E-state index in [1.54, 1.807) is 6.07 Å². The molecule has 5 N–H and O–H groups in total. The van der Waals surface area contributed by atoms with E-state index in [1.165, 1.54) is 11.1 Å². The van der Waals surface area contributed by atoms with Crippen LogP contribution in [0, 0.1) is 23.2 Å². The van der Waals surface area contributed by atoms with Crippen LogP contribution in [-0.2, 0) is 16.0 Å². The molecule has 5 aliphatic rings. The first-order chi connectivity index (χ1) is 38.7. The molecule has 0 spiro atoms. The zero-order chi connectivity index (χ0) is 53.6. The number of aliphatic hydroxyl groups excluding tert-OH is 1. The van der Waals surface area contributed by atoms with Crippen molar-refractivity contribution < 1.29 is 24.5 Å². The van der Waals surface area contributed by atoms with Crippen LogP contribution in [0.5, 0.6) is 5.75 Å². The number of carbonyl (C=O) groups is 2. The average Bonchev–Trinajstić information content (AvgIpc) is 4.44. The van der Waals surface area contributed by atoms with E-state index >= 15 is 0 Å². The Morgan fingerprint density at radius 2 is 1.14 bits per heavy atom. The number of aromatic amines is 2. The Labute approximate surface area is 467 Å². The van der Waals surface area contributed by atoms with E-state index in [9.17, 15) is 19.8 Å². The van der Waals surface area contributed by atoms with Gasteiger partial charge < -0.3 is 30.2 Å². The van der Waals surface area contributed by atoms with Crippen LogP contribution < -0.4 is 5.32 Å². The minimum atomic E-state index is -0.315. The van der Waals surface area contributed by atoms with Crippen molar-refractivity contribution in [3.05, 3.63) is 197 Å². The highest BCUT2D eigenvalue weighted by Crippen LogP contribution is 2.63. The second-order valence-electron chi connectivity index (χ2n) is 22.3. The van der Waals surface area contributed by atoms with E-state index in [0.717, 1.165) is 128 Å². The van der Waals surface area contributed by atoms with Gasteiger partial charge in [-0.25, -0.2) is 9.97 Å². The minimum absolute atomic E-state index is 0. The zero-order valence-electron chi connectivity index (χ0n) is 44.3. The number of fused-ring (bicyclic) bond motifs is 13. The standard InChI is InChI=1S/C69H63N5O5.CH4/c1-69-41-48(63-50-26-24-49(75)40-47(50)23-25-51(63)52(69)27-36-61(69)76)37-39-79-62(77)18-11-38-70-68(78)46-21-19-45(20-22-46)67-59-34-32-57(73-59)65(43-14-7-3-8-15-43)55-30-28-53(71-55)64(42-12-5-2-6-13-42)54-29-31-56(72-54)66(44-16-9-4-10-17-44)58-33-35-60(67)74-58;/h2-10,12-17,19-22,24,26,28-35,40,48,51-52,61,63,71,74-76H,11,18,23,25,27,36-39,41H2,1H3,(H,70,78);1H4/t48?,51?,52?,61-,63?,69-;/m0./s1. The number of carbonyl (C=O) groups excluding carboxylic acids is 2. The van der Waals surface area contributed by atoms with Crippen LogP contribution in [0.1, 0.15) is 109 Å². The van der Waals surface area contributed by atoms with Crippen molar-refractivity contribution in [1.82, 2.24) is 25.3 Å². The fourth-order valence-electron chi connectivity index (χ4n) is 14.1. The summed E-state index contributed by atoms with van der Waals surface area (Å²) in [6.45, 7) is 2.90. The van der Waals surface area contributed by atoms with Crippen LogP contribution in [0.4, 0.5) is 0 Å². The summed E-state index contributed by atoms with van der Waals surface area (Å²) < 4.78 is 5.87. The van der Waals surface area contributed by atoms with Crippen molar-refractivity contribution >= 4 is 58.2 Å². The molecule has 10 nitrogen and oxygen atoms in total. The monoisotopic (exact) mass is 1060 g/mol. The second kappa shape index (κ2) is 21.9. The summed E-state index contributed by atoms with van der Waals surface area (Å²) >= 11 is 0. The number of phenolic OH excluding ortho intramolecular Hbond substituents is 1. The summed E-state index contributed by atoms with van der Waals surface area (Å²) in [5, 5.41) is 24.5. The number of H-pyrrole nitrogens is 2. The van der Waals surface area contributed by atoms with Crippen LogP contribution in [-0.4, -0.2) is 61.3 Å². The summed E-state index contributed by atoms with van der Waals surface area (Å²) in [5.41, 5.74) is 17.5. The fraction of sp³-hybridized carbons (Fsp3) is 0.257. The molecular weight excluding hydrogens is 991 g/mol. The van der Waals surface area contributed by atoms with Gasteiger partial charge in [0.1, 0.15) is 5.75 Å². The SMILES string of the molecule is C.C[C@]12CC(CCOC(=O)CCCNC(=O)c3ccc(-c4c5nc(c(-c6ccccc6)c6ccc([nH]6)c(-c6ccccc6)c6nc(c(-c7ccccc7)c7ccc4[nH]7)C=C6)C=C5)cc3)C3c4ccc(O)cc4CCC3C1CC[C@@H]2O. The van der Waals surface area contributed by atoms with Crippen LogP contribution >= 0.6 is 0 Å². The largest absolute Gasteiger partial charge is 0.508 e. The number of aliphatic hydroxyl groups is 1. The molecule has 8 aromatic rings. The third kappa shape index (κ3) is 9.76. The van der Waals surface area contributed by atoms with Gasteiger partial charge in [-0.3, -0.25) is 9.59 Å². The zero-order valence-corrected chi connectivity index (χ0v) is 44.3. The highest BCUT2D eigenvalue weighted by atomic mass is 16.5. The second-order valence-corrected chi connectivity index (χ2v) is 22.3. The highest BCUT2D eigenvalue weighted by molar-refractivity contribution is 6.00. The number of benzene rings is 5. The van der Waals surface area contributed by atoms with E-state index in [2.05, 4.69) is 125 Å². The number of amides is 1. The molecule has 80 heavy (non-hydrogen) atoms. The topological polar surface area (TPSA) is 153 Å². The number of hydrogen-bond donors (Lipinski definition) is 5. The summed E-state index contributed by atoms with van der Waals surface area (Å²) in [7, 11) is 0. The van der Waals surface area contributed by atoms with E-state index < -0.39 is 0 Å². The van der Waals surface area contributed by atoms with Crippen LogP contribution in [0.15, 0.2) is 158 Å². The van der Waals surface area contributed by atoms with Gasteiger partial charge in [0.2, 0.25) is 0 Å². The van der Waals surface area contributed by atoms with E-state index in [0.29, 0.717) is 48.6 Å². The number of nitrogens with one attached hydrogen (secondary N) is 3. The van der Waals surface area contributed by atoms with Gasteiger partial charge in [0, 0.05) is 62.8 Å². The maximum Gasteiger partial charge on any atom is 0.305 e. The Balaban J connectivity index is 0.00000637. The van der Waals surface area contributed by atoms with Gasteiger partial charge in [0.25, 0.3) is 5.91 Å². The molecule has 3 aliphatic carbocycles. The Morgan fingerprint density at radius 1 is 0.637 bits per heavy atom. The molecule has 402 valence electrons. The molecule has 8 bridgehead atoms. The lowest BCUT2D eigenvalue weighted by atomic mass is 9.51. The number of ether oxygens (including phenoxy) is 1. The first kappa shape index (κ1) is 52.1. The first-order valence-electron chi connectivity index (χ1n) is 28.0. The van der Waals surface area contributed by atoms with Gasteiger partial charge in [0.15, 0.2) is 0 Å². The van der Waals surface area contributed by atoms with Crippen molar-refractivity contribution in [2.24, 2.45) is 23.2 Å². The van der Waals surface area contributed by atoms with Crippen molar-refractivity contribution in [2.75, 3.05) is 13.2 Å². The number of aromatic nitrogens is 4. The van der Waals surface area contributed by atoms with Gasteiger partial charge in [-0.15, -0.1) is 0 Å². The Hall–Kier alpha value is -8.60. The molecule has 2 fully saturated rings. The smallest absolute Gasteiger partial charge is 0.305 e. The van der Waals surface area contributed by atoms with E-state index in [-0.39, 0.29) is 43.2 Å². The van der Waals surface area contributed by atoms with Gasteiger partial charge in [-0.1, -0.05) is 124 Å². The molecule has 4 unspecified atom stereocenters. The predicted molar refractivity (Wildman–Crippen MR) is 322 cm³/mol. The Morgan fingerprint density at radius 3 is 1.65 bits per heavy atom. The molecular formula is C70H67N5O5. The molecule has 3 aromatic heterocycles. The van der Waals surface area contributed by atoms with Crippen LogP contribution in [0.3, 0.4) is 0 Å². The number of hydrogen-bond acceptors (Lipinski definition) is 7. The third-order valence-corrected chi connectivity index (χ3v) is 17.8. The summed E-state index contributed by atoms with van der Waals surface area (Å²) in [4.78, 5) is 45.3. The summed E-state index contributed by atoms with van der Waals surface area (Å²) in [5.74, 6) is 1.30. The maximum absolute atomic E-state index is 13.7. The molecule has 5 aromatic carbocycles. The quantitative estimate of drug-likeness (QED) is 0.0603. The molecule has 6 atom stereocenters. The third-order valence-electron chi connectivity index (χ3n) is 17.8.